The normalized spacial score (nSPS) is 27.7. The molecule has 1 aromatic carbocycles. The van der Waals surface area contributed by atoms with Gasteiger partial charge in [0.2, 0.25) is 0 Å². The molecule has 0 aliphatic heterocycles. The van der Waals surface area contributed by atoms with Crippen molar-refractivity contribution in [1.29, 1.82) is 5.26 Å². The molecule has 1 aliphatic rings. The molecule has 1 fully saturated rings. The molecule has 0 amide bonds. The van der Waals surface area contributed by atoms with Crippen molar-refractivity contribution in [1.82, 2.24) is 0 Å². The summed E-state index contributed by atoms with van der Waals surface area (Å²) in [6.07, 6.45) is 0.965. The zero-order chi connectivity index (χ0) is 9.26. The maximum absolute atomic E-state index is 8.67. The van der Waals surface area contributed by atoms with Crippen molar-refractivity contribution in [3.05, 3.63) is 35.9 Å². The van der Waals surface area contributed by atoms with Gasteiger partial charge in [-0.25, -0.2) is 0 Å². The van der Waals surface area contributed by atoms with Gasteiger partial charge >= 0.3 is 0 Å². The zero-order valence-electron chi connectivity index (χ0n) is 7.35. The van der Waals surface area contributed by atoms with Crippen LogP contribution in [0.3, 0.4) is 0 Å². The molecular weight excluding hydrogens is 160 g/mol. The molecule has 3 atom stereocenters. The molecular formula is C11H12N2. The van der Waals surface area contributed by atoms with Crippen LogP contribution in [0, 0.1) is 23.2 Å². The van der Waals surface area contributed by atoms with E-state index in [1.807, 2.05) is 30.3 Å². The van der Waals surface area contributed by atoms with E-state index in [4.69, 9.17) is 11.0 Å². The molecule has 0 heterocycles. The Hall–Kier alpha value is -1.33. The average molecular weight is 172 g/mol. The number of hydrogen-bond donors (Lipinski definition) is 1. The fourth-order valence-corrected chi connectivity index (χ4v) is 1.68. The number of rotatable bonds is 2. The van der Waals surface area contributed by atoms with E-state index < -0.39 is 0 Å². The van der Waals surface area contributed by atoms with Crippen LogP contribution in [0.2, 0.25) is 0 Å². The van der Waals surface area contributed by atoms with Crippen LogP contribution in [0.15, 0.2) is 30.3 Å². The van der Waals surface area contributed by atoms with Gasteiger partial charge in [0.1, 0.15) is 0 Å². The zero-order valence-corrected chi connectivity index (χ0v) is 7.35. The van der Waals surface area contributed by atoms with Crippen molar-refractivity contribution in [2.45, 2.75) is 12.5 Å². The van der Waals surface area contributed by atoms with Crippen LogP contribution in [0.25, 0.3) is 0 Å². The Bertz CT molecular complexity index is 326. The van der Waals surface area contributed by atoms with Gasteiger partial charge in [0.15, 0.2) is 0 Å². The van der Waals surface area contributed by atoms with E-state index in [1.165, 1.54) is 0 Å². The van der Waals surface area contributed by atoms with Crippen LogP contribution in [-0.4, -0.2) is 0 Å². The van der Waals surface area contributed by atoms with E-state index in [9.17, 15) is 0 Å². The molecule has 1 saturated carbocycles. The van der Waals surface area contributed by atoms with Gasteiger partial charge in [-0.15, -0.1) is 0 Å². The molecule has 0 aromatic heterocycles. The third kappa shape index (κ3) is 1.56. The predicted octanol–water partition coefficient (Wildman–Crippen LogP) is 1.85. The van der Waals surface area contributed by atoms with E-state index in [2.05, 4.69) is 6.07 Å². The molecule has 1 unspecified atom stereocenters. The van der Waals surface area contributed by atoms with Crippen molar-refractivity contribution in [2.75, 3.05) is 0 Å². The summed E-state index contributed by atoms with van der Waals surface area (Å²) in [5, 5.41) is 8.67. The maximum atomic E-state index is 8.67. The topological polar surface area (TPSA) is 49.8 Å². The van der Waals surface area contributed by atoms with Gasteiger partial charge < -0.3 is 5.73 Å². The Morgan fingerprint density at radius 3 is 2.62 bits per heavy atom. The predicted molar refractivity (Wildman–Crippen MR) is 50.6 cm³/mol. The number of benzene rings is 1. The van der Waals surface area contributed by atoms with E-state index >= 15 is 0 Å². The smallest absolute Gasteiger partial charge is 0.0659 e. The third-order valence-electron chi connectivity index (χ3n) is 2.65. The number of hydrogen-bond acceptors (Lipinski definition) is 2. The molecule has 66 valence electrons. The van der Waals surface area contributed by atoms with Gasteiger partial charge in [-0.1, -0.05) is 30.3 Å². The first-order valence-corrected chi connectivity index (χ1v) is 4.53. The summed E-state index contributed by atoms with van der Waals surface area (Å²) in [6.45, 7) is 0. The monoisotopic (exact) mass is 172 g/mol. The second-order valence-electron chi connectivity index (χ2n) is 3.57. The molecule has 1 aliphatic carbocycles. The Balaban J connectivity index is 2.08. The SMILES string of the molecule is N#C[C@@H]1C[C@H]1C(N)c1ccccc1. The summed E-state index contributed by atoms with van der Waals surface area (Å²) in [6, 6.07) is 12.3. The average Bonchev–Trinajstić information content (AvgIpc) is 2.97. The highest BCUT2D eigenvalue weighted by molar-refractivity contribution is 5.22. The standard InChI is InChI=1S/C11H12N2/c12-7-9-6-10(9)11(13)8-4-2-1-3-5-8/h1-5,9-11H,6,13H2/t9-,10+,11?/m0/s1. The molecule has 2 heteroatoms. The summed E-state index contributed by atoms with van der Waals surface area (Å²) in [7, 11) is 0. The second-order valence-corrected chi connectivity index (χ2v) is 3.57. The van der Waals surface area contributed by atoms with E-state index in [0.29, 0.717) is 5.92 Å². The lowest BCUT2D eigenvalue weighted by Crippen LogP contribution is -2.13. The Labute approximate surface area is 78.0 Å². The summed E-state index contributed by atoms with van der Waals surface area (Å²) in [5.74, 6) is 0.572. The first-order chi connectivity index (χ1) is 6.33. The van der Waals surface area contributed by atoms with Gasteiger partial charge in [-0.3, -0.25) is 0 Å². The van der Waals surface area contributed by atoms with Crippen molar-refractivity contribution < 1.29 is 0 Å². The minimum atomic E-state index is 0.0471. The van der Waals surface area contributed by atoms with Crippen LogP contribution in [0.5, 0.6) is 0 Å². The second kappa shape index (κ2) is 3.20. The lowest BCUT2D eigenvalue weighted by atomic mass is 10.0. The highest BCUT2D eigenvalue weighted by Crippen LogP contribution is 2.45. The van der Waals surface area contributed by atoms with E-state index in [0.717, 1.165) is 12.0 Å². The first-order valence-electron chi connectivity index (χ1n) is 4.53. The summed E-state index contributed by atoms with van der Waals surface area (Å²) in [5.41, 5.74) is 7.16. The van der Waals surface area contributed by atoms with E-state index in [-0.39, 0.29) is 12.0 Å². The minimum Gasteiger partial charge on any atom is -0.324 e. The molecule has 0 spiro atoms. The van der Waals surface area contributed by atoms with Crippen LogP contribution in [0.1, 0.15) is 18.0 Å². The number of nitrogens with two attached hydrogens (primary N) is 1. The Morgan fingerprint density at radius 1 is 1.38 bits per heavy atom. The molecule has 2 rings (SSSR count). The van der Waals surface area contributed by atoms with Gasteiger partial charge in [0.25, 0.3) is 0 Å². The fraction of sp³-hybridized carbons (Fsp3) is 0.364. The van der Waals surface area contributed by atoms with Gasteiger partial charge in [-0.2, -0.15) is 5.26 Å². The van der Waals surface area contributed by atoms with Crippen LogP contribution < -0.4 is 5.73 Å². The lowest BCUT2D eigenvalue weighted by Gasteiger charge is -2.09. The molecule has 13 heavy (non-hydrogen) atoms. The third-order valence-corrected chi connectivity index (χ3v) is 2.65. The van der Waals surface area contributed by atoms with Crippen LogP contribution in [0.4, 0.5) is 0 Å². The summed E-state index contributed by atoms with van der Waals surface area (Å²) >= 11 is 0. The first kappa shape index (κ1) is 8.28. The van der Waals surface area contributed by atoms with Gasteiger partial charge in [0, 0.05) is 6.04 Å². The van der Waals surface area contributed by atoms with Gasteiger partial charge in [-0.05, 0) is 17.9 Å². The van der Waals surface area contributed by atoms with Crippen molar-refractivity contribution >= 4 is 0 Å². The highest BCUT2D eigenvalue weighted by atomic mass is 14.7. The number of nitriles is 1. The van der Waals surface area contributed by atoms with Crippen molar-refractivity contribution in [3.8, 4) is 6.07 Å². The molecule has 2 N–H and O–H groups in total. The molecule has 1 aromatic rings. The van der Waals surface area contributed by atoms with Crippen LogP contribution >= 0.6 is 0 Å². The van der Waals surface area contributed by atoms with Gasteiger partial charge in [0.05, 0.1) is 12.0 Å². The molecule has 2 nitrogen and oxygen atoms in total. The number of nitrogens with zero attached hydrogens (tertiary/aromatic N) is 1. The minimum absolute atomic E-state index is 0.0471. The summed E-state index contributed by atoms with van der Waals surface area (Å²) < 4.78 is 0. The van der Waals surface area contributed by atoms with Crippen LogP contribution in [-0.2, 0) is 0 Å². The van der Waals surface area contributed by atoms with E-state index in [1.54, 1.807) is 0 Å². The largest absolute Gasteiger partial charge is 0.324 e. The Morgan fingerprint density at radius 2 is 2.08 bits per heavy atom. The Kier molecular flexibility index (Phi) is 2.03. The quantitative estimate of drug-likeness (QED) is 0.740. The summed E-state index contributed by atoms with van der Waals surface area (Å²) in [4.78, 5) is 0. The van der Waals surface area contributed by atoms with Crippen molar-refractivity contribution in [2.24, 2.45) is 17.6 Å². The fourth-order valence-electron chi connectivity index (χ4n) is 1.68. The lowest BCUT2D eigenvalue weighted by molar-refractivity contribution is 0.611. The molecule has 0 bridgehead atoms. The molecule has 0 saturated heterocycles. The molecule has 0 radical (unpaired) electrons. The van der Waals surface area contributed by atoms with Crippen molar-refractivity contribution in [3.63, 3.8) is 0 Å². The highest BCUT2D eigenvalue weighted by Gasteiger charge is 2.42. The maximum Gasteiger partial charge on any atom is 0.0659 e.